The second-order valence-electron chi connectivity index (χ2n) is 6.56. The van der Waals surface area contributed by atoms with E-state index < -0.39 is 10.0 Å². The van der Waals surface area contributed by atoms with Crippen LogP contribution in [0.15, 0.2) is 21.7 Å². The number of hydrogen-bond donors (Lipinski definition) is 1. The van der Waals surface area contributed by atoms with Crippen molar-refractivity contribution in [1.29, 1.82) is 0 Å². The summed E-state index contributed by atoms with van der Waals surface area (Å²) in [5, 5.41) is 5.47. The first kappa shape index (κ1) is 17.8. The van der Waals surface area contributed by atoms with Gasteiger partial charge in [-0.25, -0.2) is 8.42 Å². The predicted molar refractivity (Wildman–Crippen MR) is 94.5 cm³/mol. The molecule has 0 bridgehead atoms. The highest BCUT2D eigenvalue weighted by Gasteiger charge is 2.31. The average Bonchev–Trinajstić information content (AvgIpc) is 3.11. The Hall–Kier alpha value is -0.960. The lowest BCUT2D eigenvalue weighted by Gasteiger charge is -2.37. The maximum atomic E-state index is 12.5. The molecule has 0 aromatic carbocycles. The van der Waals surface area contributed by atoms with Gasteiger partial charge in [0.1, 0.15) is 4.21 Å². The number of likely N-dealkylation sites (tertiary alicyclic amines) is 1. The van der Waals surface area contributed by atoms with Crippen LogP contribution in [0.25, 0.3) is 0 Å². The van der Waals surface area contributed by atoms with Gasteiger partial charge in [0, 0.05) is 45.2 Å². The number of carbonyl (C=O) groups is 1. The monoisotopic (exact) mass is 371 g/mol. The van der Waals surface area contributed by atoms with Crippen molar-refractivity contribution < 1.29 is 13.2 Å². The van der Waals surface area contributed by atoms with Crippen molar-refractivity contribution in [2.45, 2.75) is 48.9 Å². The molecule has 2 saturated heterocycles. The maximum Gasteiger partial charge on any atom is 0.252 e. The molecular weight excluding hydrogens is 346 g/mol. The van der Waals surface area contributed by atoms with Crippen molar-refractivity contribution >= 4 is 27.3 Å². The molecule has 2 aliphatic rings. The minimum atomic E-state index is -3.31. The van der Waals surface area contributed by atoms with Crippen molar-refractivity contribution in [2.24, 2.45) is 0 Å². The molecule has 3 heterocycles. The van der Waals surface area contributed by atoms with Gasteiger partial charge < -0.3 is 10.2 Å². The number of sulfonamides is 1. The van der Waals surface area contributed by atoms with Crippen molar-refractivity contribution in [2.75, 3.05) is 26.2 Å². The highest BCUT2D eigenvalue weighted by atomic mass is 32.2. The zero-order chi connectivity index (χ0) is 17.2. The van der Waals surface area contributed by atoms with E-state index in [1.165, 1.54) is 11.3 Å². The number of rotatable bonds is 4. The maximum absolute atomic E-state index is 12.5. The van der Waals surface area contributed by atoms with Gasteiger partial charge in [-0.15, -0.1) is 11.3 Å². The predicted octanol–water partition coefficient (Wildman–Crippen LogP) is 1.50. The van der Waals surface area contributed by atoms with Gasteiger partial charge in [-0.2, -0.15) is 4.31 Å². The van der Waals surface area contributed by atoms with Crippen LogP contribution in [0, 0.1) is 0 Å². The van der Waals surface area contributed by atoms with Crippen LogP contribution in [0.5, 0.6) is 0 Å². The first-order valence-corrected chi connectivity index (χ1v) is 10.8. The first-order chi connectivity index (χ1) is 11.5. The summed E-state index contributed by atoms with van der Waals surface area (Å²) in [6.07, 6.45) is 3.65. The van der Waals surface area contributed by atoms with E-state index in [9.17, 15) is 13.2 Å². The Bertz CT molecular complexity index is 644. The van der Waals surface area contributed by atoms with Crippen LogP contribution in [0.3, 0.4) is 0 Å². The largest absolute Gasteiger partial charge is 0.343 e. The van der Waals surface area contributed by atoms with E-state index in [1.54, 1.807) is 28.7 Å². The molecule has 0 radical (unpaired) electrons. The van der Waals surface area contributed by atoms with Crippen LogP contribution in [0.1, 0.15) is 32.6 Å². The van der Waals surface area contributed by atoms with E-state index in [0.29, 0.717) is 29.4 Å². The minimum absolute atomic E-state index is 0.153. The van der Waals surface area contributed by atoms with Crippen LogP contribution >= 0.6 is 11.3 Å². The fourth-order valence-electron chi connectivity index (χ4n) is 3.49. The molecule has 0 atom stereocenters. The van der Waals surface area contributed by atoms with Crippen molar-refractivity contribution in [3.63, 3.8) is 0 Å². The molecule has 0 spiro atoms. The molecule has 1 N–H and O–H groups in total. The molecule has 0 aliphatic carbocycles. The highest BCUT2D eigenvalue weighted by molar-refractivity contribution is 7.91. The molecule has 0 unspecified atom stereocenters. The lowest BCUT2D eigenvalue weighted by atomic mass is 10.0. The third-order valence-electron chi connectivity index (χ3n) is 4.95. The molecule has 24 heavy (non-hydrogen) atoms. The Morgan fingerprint density at radius 3 is 2.21 bits per heavy atom. The smallest absolute Gasteiger partial charge is 0.252 e. The summed E-state index contributed by atoms with van der Waals surface area (Å²) in [7, 11) is -3.31. The van der Waals surface area contributed by atoms with E-state index in [2.05, 4.69) is 5.32 Å². The average molecular weight is 372 g/mol. The second-order valence-corrected chi connectivity index (χ2v) is 9.67. The quantitative estimate of drug-likeness (QED) is 0.871. The van der Waals surface area contributed by atoms with Gasteiger partial charge in [0.2, 0.25) is 5.91 Å². The third kappa shape index (κ3) is 3.99. The summed E-state index contributed by atoms with van der Waals surface area (Å²) in [6, 6.07) is 4.26. The summed E-state index contributed by atoms with van der Waals surface area (Å²) < 4.78 is 27.1. The molecule has 2 fully saturated rings. The van der Waals surface area contributed by atoms with Crippen LogP contribution in [-0.2, 0) is 14.8 Å². The van der Waals surface area contributed by atoms with Crippen molar-refractivity contribution in [1.82, 2.24) is 14.5 Å². The number of nitrogens with zero attached hydrogens (tertiary/aromatic N) is 2. The Kier molecular flexibility index (Phi) is 5.59. The van der Waals surface area contributed by atoms with E-state index in [0.717, 1.165) is 38.8 Å². The number of hydrogen-bond acceptors (Lipinski definition) is 5. The summed E-state index contributed by atoms with van der Waals surface area (Å²) in [4.78, 5) is 13.3. The number of thiophene rings is 1. The second kappa shape index (κ2) is 7.51. The fraction of sp³-hybridized carbons (Fsp3) is 0.688. The van der Waals surface area contributed by atoms with Crippen LogP contribution in [-0.4, -0.2) is 61.8 Å². The van der Waals surface area contributed by atoms with Gasteiger partial charge in [-0.1, -0.05) is 6.07 Å². The molecule has 1 amide bonds. The molecule has 134 valence electrons. The summed E-state index contributed by atoms with van der Waals surface area (Å²) in [6.45, 7) is 4.41. The summed E-state index contributed by atoms with van der Waals surface area (Å²) in [5.74, 6) is 0.153. The zero-order valence-corrected chi connectivity index (χ0v) is 15.6. The van der Waals surface area contributed by atoms with Crippen molar-refractivity contribution in [3.8, 4) is 0 Å². The van der Waals surface area contributed by atoms with E-state index >= 15 is 0 Å². The molecule has 8 heteroatoms. The van der Waals surface area contributed by atoms with Gasteiger partial charge in [0.25, 0.3) is 10.0 Å². The summed E-state index contributed by atoms with van der Waals surface area (Å²) >= 11 is 1.28. The number of piperidine rings is 2. The molecule has 1 aromatic heterocycles. The molecule has 2 aliphatic heterocycles. The minimum Gasteiger partial charge on any atom is -0.343 e. The molecular formula is C16H25N3O3S2. The van der Waals surface area contributed by atoms with Crippen molar-refractivity contribution in [3.05, 3.63) is 17.5 Å². The van der Waals surface area contributed by atoms with E-state index in [-0.39, 0.29) is 5.91 Å². The Morgan fingerprint density at radius 2 is 1.71 bits per heavy atom. The molecule has 6 nitrogen and oxygen atoms in total. The van der Waals surface area contributed by atoms with Gasteiger partial charge in [-0.3, -0.25) is 4.79 Å². The lowest BCUT2D eigenvalue weighted by Crippen LogP contribution is -2.51. The molecule has 0 saturated carbocycles. The number of nitrogens with one attached hydrogen (secondary N) is 1. The van der Waals surface area contributed by atoms with Gasteiger partial charge in [0.15, 0.2) is 0 Å². The van der Waals surface area contributed by atoms with Gasteiger partial charge in [-0.05, 0) is 37.1 Å². The third-order valence-corrected chi connectivity index (χ3v) is 8.23. The summed E-state index contributed by atoms with van der Waals surface area (Å²) in [5.41, 5.74) is 0. The SMILES string of the molecule is CC(=O)N1CCC(NC2CCN(S(=O)(=O)c3cccs3)CC2)CC1. The van der Waals surface area contributed by atoms with Gasteiger partial charge >= 0.3 is 0 Å². The van der Waals surface area contributed by atoms with Gasteiger partial charge in [0.05, 0.1) is 0 Å². The molecule has 3 rings (SSSR count). The highest BCUT2D eigenvalue weighted by Crippen LogP contribution is 2.24. The zero-order valence-electron chi connectivity index (χ0n) is 14.0. The van der Waals surface area contributed by atoms with E-state index in [1.807, 2.05) is 4.90 Å². The Balaban J connectivity index is 1.47. The first-order valence-electron chi connectivity index (χ1n) is 8.52. The van der Waals surface area contributed by atoms with Crippen LogP contribution < -0.4 is 5.32 Å². The Morgan fingerprint density at radius 1 is 1.12 bits per heavy atom. The van der Waals surface area contributed by atoms with Crippen LogP contribution in [0.2, 0.25) is 0 Å². The van der Waals surface area contributed by atoms with Crippen LogP contribution in [0.4, 0.5) is 0 Å². The molecule has 1 aromatic rings. The Labute approximate surface area is 147 Å². The van der Waals surface area contributed by atoms with E-state index in [4.69, 9.17) is 0 Å². The topological polar surface area (TPSA) is 69.7 Å². The normalized spacial score (nSPS) is 22.0. The number of carbonyl (C=O) groups excluding carboxylic acids is 1. The standard InChI is InChI=1S/C16H25N3O3S2/c1-13(20)18-8-4-14(5-9-18)17-15-6-10-19(11-7-15)24(21,22)16-3-2-12-23-16/h2-3,12,14-15,17H,4-11H2,1H3. The fourth-order valence-corrected chi connectivity index (χ4v) is 6.11. The lowest BCUT2D eigenvalue weighted by molar-refractivity contribution is -0.129. The number of amides is 1.